The van der Waals surface area contributed by atoms with E-state index >= 15 is 0 Å². The van der Waals surface area contributed by atoms with Gasteiger partial charge in [0.05, 0.1) is 20.1 Å². The Morgan fingerprint density at radius 2 is 1.10 bits per heavy atom. The van der Waals surface area contributed by atoms with E-state index in [-0.39, 0.29) is 5.92 Å². The molecule has 30 heavy (non-hydrogen) atoms. The number of anilines is 1. The SMILES string of the molecule is CCN(CC)c1ccc(C(c2ccccc2)c2ccc([N+](C)(CC)CC)cc2)cc1. The highest BCUT2D eigenvalue weighted by Gasteiger charge is 2.22. The molecule has 2 heteroatoms. The van der Waals surface area contributed by atoms with Crippen molar-refractivity contribution < 1.29 is 0 Å². The van der Waals surface area contributed by atoms with Crippen LogP contribution < -0.4 is 9.38 Å². The summed E-state index contributed by atoms with van der Waals surface area (Å²) in [7, 11) is 2.32. The largest absolute Gasteiger partial charge is 0.372 e. The number of quaternary nitrogens is 1. The summed E-state index contributed by atoms with van der Waals surface area (Å²) in [5, 5.41) is 0. The van der Waals surface area contributed by atoms with E-state index in [0.717, 1.165) is 30.7 Å². The fourth-order valence-electron chi connectivity index (χ4n) is 4.30. The fraction of sp³-hybridized carbons (Fsp3) is 0.357. The summed E-state index contributed by atoms with van der Waals surface area (Å²) >= 11 is 0. The lowest BCUT2D eigenvalue weighted by molar-refractivity contribution is 0.365. The van der Waals surface area contributed by atoms with Crippen LogP contribution in [-0.4, -0.2) is 33.2 Å². The normalized spacial score (nSPS) is 12.6. The average Bonchev–Trinajstić information content (AvgIpc) is 2.81. The van der Waals surface area contributed by atoms with E-state index in [2.05, 4.69) is 119 Å². The van der Waals surface area contributed by atoms with Gasteiger partial charge < -0.3 is 4.90 Å². The van der Waals surface area contributed by atoms with Crippen molar-refractivity contribution in [2.45, 2.75) is 33.6 Å². The molecule has 3 aromatic rings. The maximum atomic E-state index is 2.39. The molecule has 0 heterocycles. The van der Waals surface area contributed by atoms with Crippen LogP contribution in [0.3, 0.4) is 0 Å². The predicted molar refractivity (Wildman–Crippen MR) is 133 cm³/mol. The van der Waals surface area contributed by atoms with Crippen molar-refractivity contribution in [2.75, 3.05) is 38.1 Å². The van der Waals surface area contributed by atoms with Gasteiger partial charge in [0.1, 0.15) is 5.69 Å². The van der Waals surface area contributed by atoms with Crippen molar-refractivity contribution in [1.29, 1.82) is 0 Å². The molecule has 2 nitrogen and oxygen atoms in total. The van der Waals surface area contributed by atoms with Crippen LogP contribution in [0.15, 0.2) is 78.9 Å². The summed E-state index contributed by atoms with van der Waals surface area (Å²) < 4.78 is 0.967. The van der Waals surface area contributed by atoms with Crippen molar-refractivity contribution in [3.63, 3.8) is 0 Å². The van der Waals surface area contributed by atoms with Crippen LogP contribution >= 0.6 is 0 Å². The minimum Gasteiger partial charge on any atom is -0.372 e. The van der Waals surface area contributed by atoms with E-state index in [9.17, 15) is 0 Å². The van der Waals surface area contributed by atoms with Gasteiger partial charge in [-0.25, -0.2) is 0 Å². The molecule has 3 aromatic carbocycles. The minimum absolute atomic E-state index is 0.244. The third-order valence-corrected chi connectivity index (χ3v) is 6.73. The molecule has 0 aliphatic rings. The molecule has 0 saturated carbocycles. The van der Waals surface area contributed by atoms with E-state index in [1.165, 1.54) is 28.1 Å². The quantitative estimate of drug-likeness (QED) is 0.285. The maximum absolute atomic E-state index is 2.39. The minimum atomic E-state index is 0.244. The number of nitrogens with zero attached hydrogens (tertiary/aromatic N) is 2. The smallest absolute Gasteiger partial charge is 0.132 e. The summed E-state index contributed by atoms with van der Waals surface area (Å²) in [5.74, 6) is 0.244. The lowest BCUT2D eigenvalue weighted by Gasteiger charge is -2.32. The van der Waals surface area contributed by atoms with Gasteiger partial charge in [0, 0.05) is 24.7 Å². The molecule has 1 atom stereocenters. The zero-order valence-corrected chi connectivity index (χ0v) is 19.3. The molecule has 0 aliphatic heterocycles. The van der Waals surface area contributed by atoms with Crippen molar-refractivity contribution >= 4 is 11.4 Å². The lowest BCUT2D eigenvalue weighted by atomic mass is 9.85. The first-order valence-corrected chi connectivity index (χ1v) is 11.4. The number of benzene rings is 3. The zero-order valence-electron chi connectivity index (χ0n) is 19.3. The van der Waals surface area contributed by atoms with Crippen LogP contribution in [0.4, 0.5) is 11.4 Å². The van der Waals surface area contributed by atoms with Gasteiger partial charge in [0.15, 0.2) is 0 Å². The molecule has 0 amide bonds. The summed E-state index contributed by atoms with van der Waals surface area (Å²) in [4.78, 5) is 2.39. The first kappa shape index (κ1) is 22.1. The van der Waals surface area contributed by atoms with Crippen LogP contribution in [0.5, 0.6) is 0 Å². The molecule has 0 aromatic heterocycles. The first-order chi connectivity index (χ1) is 14.6. The number of hydrogen-bond donors (Lipinski definition) is 0. The monoisotopic (exact) mass is 401 g/mol. The van der Waals surface area contributed by atoms with Crippen molar-refractivity contribution in [3.05, 3.63) is 95.6 Å². The van der Waals surface area contributed by atoms with Crippen molar-refractivity contribution in [1.82, 2.24) is 4.48 Å². The molecule has 0 N–H and O–H groups in total. The van der Waals surface area contributed by atoms with Gasteiger partial charge in [-0.3, -0.25) is 4.48 Å². The average molecular weight is 402 g/mol. The van der Waals surface area contributed by atoms with Gasteiger partial charge >= 0.3 is 0 Å². The highest BCUT2D eigenvalue weighted by Crippen LogP contribution is 2.34. The Balaban J connectivity index is 2.01. The van der Waals surface area contributed by atoms with Gasteiger partial charge in [-0.1, -0.05) is 54.6 Å². The number of hydrogen-bond acceptors (Lipinski definition) is 1. The second-order valence-electron chi connectivity index (χ2n) is 8.23. The fourth-order valence-corrected chi connectivity index (χ4v) is 4.30. The van der Waals surface area contributed by atoms with E-state index < -0.39 is 0 Å². The topological polar surface area (TPSA) is 3.24 Å². The molecule has 158 valence electrons. The summed E-state index contributed by atoms with van der Waals surface area (Å²) in [6.07, 6.45) is 0. The maximum Gasteiger partial charge on any atom is 0.132 e. The van der Waals surface area contributed by atoms with Crippen LogP contribution in [0.1, 0.15) is 50.3 Å². The third-order valence-electron chi connectivity index (χ3n) is 6.73. The highest BCUT2D eigenvalue weighted by molar-refractivity contribution is 5.53. The number of rotatable bonds is 9. The Bertz CT molecular complexity index is 890. The van der Waals surface area contributed by atoms with Crippen LogP contribution in [0.25, 0.3) is 0 Å². The van der Waals surface area contributed by atoms with Gasteiger partial charge in [-0.2, -0.15) is 0 Å². The Hall–Kier alpha value is -2.58. The van der Waals surface area contributed by atoms with Crippen molar-refractivity contribution in [3.8, 4) is 0 Å². The molecule has 0 radical (unpaired) electrons. The molecule has 1 unspecified atom stereocenters. The van der Waals surface area contributed by atoms with E-state index in [1.54, 1.807) is 0 Å². The Morgan fingerprint density at radius 3 is 1.57 bits per heavy atom. The Kier molecular flexibility index (Phi) is 7.33. The highest BCUT2D eigenvalue weighted by atomic mass is 15.3. The standard InChI is InChI=1S/C28H37N2/c1-6-29(7-2)26-19-15-24(16-20-26)28(23-13-11-10-12-14-23)25-17-21-27(22-18-25)30(5,8-3)9-4/h10-22,28H,6-9H2,1-5H3/q+1. The molecule has 0 aliphatic carbocycles. The Morgan fingerprint density at radius 1 is 0.633 bits per heavy atom. The predicted octanol–water partition coefficient (Wildman–Crippen LogP) is 6.69. The van der Waals surface area contributed by atoms with Gasteiger partial charge in [0.25, 0.3) is 0 Å². The summed E-state index contributed by atoms with van der Waals surface area (Å²) in [6, 6.07) is 29.3. The Labute approximate surface area is 183 Å². The molecule has 0 bridgehead atoms. The second-order valence-corrected chi connectivity index (χ2v) is 8.23. The van der Waals surface area contributed by atoms with E-state index in [0.29, 0.717) is 0 Å². The zero-order chi connectivity index (χ0) is 21.6. The molecule has 0 fully saturated rings. The molecule has 0 saturated heterocycles. The van der Waals surface area contributed by atoms with Gasteiger partial charge in [0.2, 0.25) is 0 Å². The molecular formula is C28H37N2+. The van der Waals surface area contributed by atoms with Crippen LogP contribution in [-0.2, 0) is 0 Å². The van der Waals surface area contributed by atoms with Crippen LogP contribution in [0.2, 0.25) is 0 Å². The molecule has 3 rings (SSSR count). The third kappa shape index (κ3) is 4.60. The van der Waals surface area contributed by atoms with Gasteiger partial charge in [-0.05, 0) is 68.7 Å². The first-order valence-electron chi connectivity index (χ1n) is 11.4. The van der Waals surface area contributed by atoms with E-state index in [1.807, 2.05) is 0 Å². The summed E-state index contributed by atoms with van der Waals surface area (Å²) in [6.45, 7) is 13.2. The van der Waals surface area contributed by atoms with E-state index in [4.69, 9.17) is 0 Å². The lowest BCUT2D eigenvalue weighted by Crippen LogP contribution is -2.44. The van der Waals surface area contributed by atoms with Crippen molar-refractivity contribution in [2.24, 2.45) is 0 Å². The molecular weight excluding hydrogens is 364 g/mol. The second kappa shape index (κ2) is 9.95. The van der Waals surface area contributed by atoms with Gasteiger partial charge in [-0.15, -0.1) is 0 Å². The molecule has 0 spiro atoms. The van der Waals surface area contributed by atoms with Crippen LogP contribution in [0, 0.1) is 0 Å². The summed E-state index contributed by atoms with van der Waals surface area (Å²) in [5.41, 5.74) is 6.70.